The fourth-order valence-corrected chi connectivity index (χ4v) is 6.40. The average Bonchev–Trinajstić information content (AvgIpc) is 2.96. The first kappa shape index (κ1) is 19.3. The van der Waals surface area contributed by atoms with Crippen molar-refractivity contribution >= 4 is 32.7 Å². The van der Waals surface area contributed by atoms with Crippen molar-refractivity contribution in [3.8, 4) is 0 Å². The Hall–Kier alpha value is -2.03. The molecule has 28 heavy (non-hydrogen) atoms. The first-order valence-electron chi connectivity index (χ1n) is 8.87. The number of sulfonamides is 1. The second-order valence-electron chi connectivity index (χ2n) is 6.55. The first-order chi connectivity index (χ1) is 13.5. The second kappa shape index (κ2) is 7.77. The van der Waals surface area contributed by atoms with Gasteiger partial charge in [0.1, 0.15) is 16.5 Å². The zero-order valence-corrected chi connectivity index (χ0v) is 16.5. The summed E-state index contributed by atoms with van der Waals surface area (Å²) in [6, 6.07) is 12.1. The molecule has 1 aromatic heterocycles. The topological polar surface area (TPSA) is 50.3 Å². The van der Waals surface area contributed by atoms with Gasteiger partial charge >= 0.3 is 0 Å². The van der Waals surface area contributed by atoms with Gasteiger partial charge in [-0.2, -0.15) is 16.1 Å². The van der Waals surface area contributed by atoms with Gasteiger partial charge in [-0.25, -0.2) is 17.2 Å². The van der Waals surface area contributed by atoms with Crippen LogP contribution in [0.5, 0.6) is 0 Å². The minimum atomic E-state index is -3.75. The van der Waals surface area contributed by atoms with Crippen molar-refractivity contribution in [2.75, 3.05) is 18.8 Å². The lowest BCUT2D eigenvalue weighted by Crippen LogP contribution is -2.33. The van der Waals surface area contributed by atoms with E-state index in [4.69, 9.17) is 0 Å². The van der Waals surface area contributed by atoms with Crippen LogP contribution in [0.4, 0.5) is 8.78 Å². The summed E-state index contributed by atoms with van der Waals surface area (Å²) in [5.41, 5.74) is 0.728. The van der Waals surface area contributed by atoms with Crippen LogP contribution in [0.3, 0.4) is 0 Å². The highest BCUT2D eigenvalue weighted by Crippen LogP contribution is 2.37. The van der Waals surface area contributed by atoms with Crippen molar-refractivity contribution in [1.82, 2.24) is 9.29 Å². The molecule has 3 aromatic rings. The number of benzene rings is 2. The zero-order chi connectivity index (χ0) is 19.7. The van der Waals surface area contributed by atoms with Gasteiger partial charge in [-0.05, 0) is 36.8 Å². The Kier molecular flexibility index (Phi) is 5.35. The minimum absolute atomic E-state index is 0.172. The Morgan fingerprint density at radius 2 is 1.89 bits per heavy atom. The maximum Gasteiger partial charge on any atom is 0.245 e. The van der Waals surface area contributed by atoms with Crippen LogP contribution in [0.15, 0.2) is 59.6 Å². The molecule has 1 aliphatic rings. The molecule has 2 heterocycles. The van der Waals surface area contributed by atoms with Crippen LogP contribution in [0, 0.1) is 11.6 Å². The standard InChI is InChI=1S/C20H18F2N2O2S2/c21-15-6-7-17(22)16(13-15)18-8-10-24(11-12-27-18)28(25,26)19-5-1-3-14-4-2-9-23-20(14)19/h1-7,9,13,18H,8,10-12H2. The summed E-state index contributed by atoms with van der Waals surface area (Å²) in [6.45, 7) is 0.544. The van der Waals surface area contributed by atoms with Crippen molar-refractivity contribution in [3.63, 3.8) is 0 Å². The van der Waals surface area contributed by atoms with Crippen LogP contribution in [-0.4, -0.2) is 36.5 Å². The third-order valence-electron chi connectivity index (χ3n) is 4.82. The number of para-hydroxylation sites is 1. The molecule has 2 aromatic carbocycles. The summed E-state index contributed by atoms with van der Waals surface area (Å²) in [4.78, 5) is 4.42. The van der Waals surface area contributed by atoms with E-state index in [1.807, 2.05) is 12.1 Å². The van der Waals surface area contributed by atoms with Crippen molar-refractivity contribution in [1.29, 1.82) is 0 Å². The minimum Gasteiger partial charge on any atom is -0.255 e. The number of hydrogen-bond donors (Lipinski definition) is 0. The highest BCUT2D eigenvalue weighted by atomic mass is 32.2. The van der Waals surface area contributed by atoms with Gasteiger partial charge in [0.05, 0.1) is 5.52 Å². The molecule has 4 rings (SSSR count). The molecule has 0 bridgehead atoms. The number of pyridine rings is 1. The summed E-state index contributed by atoms with van der Waals surface area (Å²) in [7, 11) is -3.75. The van der Waals surface area contributed by atoms with Crippen molar-refractivity contribution in [3.05, 3.63) is 71.9 Å². The Bertz CT molecular complexity index is 1120. The molecule has 1 unspecified atom stereocenters. The molecule has 0 spiro atoms. The number of aromatic nitrogens is 1. The quantitative estimate of drug-likeness (QED) is 0.631. The van der Waals surface area contributed by atoms with Gasteiger partial charge in [0.15, 0.2) is 0 Å². The molecule has 1 saturated heterocycles. The summed E-state index contributed by atoms with van der Waals surface area (Å²) in [5, 5.41) is 0.467. The maximum absolute atomic E-state index is 14.1. The third-order valence-corrected chi connectivity index (χ3v) is 8.06. The molecular weight excluding hydrogens is 402 g/mol. The fraction of sp³-hybridized carbons (Fsp3) is 0.250. The van der Waals surface area contributed by atoms with Crippen LogP contribution >= 0.6 is 11.8 Å². The summed E-state index contributed by atoms with van der Waals surface area (Å²) >= 11 is 1.45. The van der Waals surface area contributed by atoms with E-state index in [9.17, 15) is 17.2 Å². The highest BCUT2D eigenvalue weighted by Gasteiger charge is 2.30. The third kappa shape index (κ3) is 3.64. The highest BCUT2D eigenvalue weighted by molar-refractivity contribution is 7.99. The Morgan fingerprint density at radius 3 is 2.75 bits per heavy atom. The molecule has 146 valence electrons. The predicted molar refractivity (Wildman–Crippen MR) is 107 cm³/mol. The van der Waals surface area contributed by atoms with E-state index in [1.165, 1.54) is 22.1 Å². The van der Waals surface area contributed by atoms with Crippen molar-refractivity contribution < 1.29 is 17.2 Å². The van der Waals surface area contributed by atoms with Gasteiger partial charge in [0, 0.05) is 41.2 Å². The van der Waals surface area contributed by atoms with E-state index in [-0.39, 0.29) is 22.3 Å². The summed E-state index contributed by atoms with van der Waals surface area (Å²) in [6.07, 6.45) is 1.98. The number of hydrogen-bond acceptors (Lipinski definition) is 4. The van der Waals surface area contributed by atoms with Crippen molar-refractivity contribution in [2.45, 2.75) is 16.6 Å². The molecule has 0 aliphatic carbocycles. The molecule has 0 radical (unpaired) electrons. The van der Waals surface area contributed by atoms with Crippen LogP contribution in [0.1, 0.15) is 17.2 Å². The molecule has 8 heteroatoms. The monoisotopic (exact) mass is 420 g/mol. The van der Waals surface area contributed by atoms with Crippen LogP contribution in [0.25, 0.3) is 10.9 Å². The number of halogens is 2. The molecule has 4 nitrogen and oxygen atoms in total. The van der Waals surface area contributed by atoms with Crippen LogP contribution in [-0.2, 0) is 10.0 Å². The maximum atomic E-state index is 14.1. The van der Waals surface area contributed by atoms with Gasteiger partial charge in [-0.15, -0.1) is 0 Å². The molecule has 1 fully saturated rings. The smallest absolute Gasteiger partial charge is 0.245 e. The number of thioether (sulfide) groups is 1. The molecule has 0 N–H and O–H groups in total. The second-order valence-corrected chi connectivity index (χ2v) is 9.77. The lowest BCUT2D eigenvalue weighted by molar-refractivity contribution is 0.427. The Balaban J connectivity index is 1.62. The van der Waals surface area contributed by atoms with Gasteiger partial charge in [0.2, 0.25) is 10.0 Å². The zero-order valence-electron chi connectivity index (χ0n) is 14.9. The van der Waals surface area contributed by atoms with E-state index in [0.717, 1.165) is 17.5 Å². The van der Waals surface area contributed by atoms with E-state index < -0.39 is 21.7 Å². The van der Waals surface area contributed by atoms with Gasteiger partial charge in [-0.3, -0.25) is 4.98 Å². The van der Waals surface area contributed by atoms with Crippen molar-refractivity contribution in [2.24, 2.45) is 0 Å². The van der Waals surface area contributed by atoms with Crippen LogP contribution in [0.2, 0.25) is 0 Å². The summed E-state index contributed by atoms with van der Waals surface area (Å²) < 4.78 is 55.6. The van der Waals surface area contributed by atoms with E-state index in [1.54, 1.807) is 24.4 Å². The van der Waals surface area contributed by atoms with E-state index in [0.29, 0.717) is 24.2 Å². The molecule has 0 saturated carbocycles. The Labute approximate surface area is 166 Å². The lowest BCUT2D eigenvalue weighted by Gasteiger charge is -2.20. The molecule has 0 amide bonds. The average molecular weight is 421 g/mol. The normalized spacial score (nSPS) is 18.9. The molecule has 1 atom stereocenters. The lowest BCUT2D eigenvalue weighted by atomic mass is 10.1. The Morgan fingerprint density at radius 1 is 1.07 bits per heavy atom. The van der Waals surface area contributed by atoms with E-state index in [2.05, 4.69) is 4.98 Å². The number of nitrogens with zero attached hydrogens (tertiary/aromatic N) is 2. The fourth-order valence-electron chi connectivity index (χ4n) is 3.42. The SMILES string of the molecule is O=S(=O)(c1cccc2cccnc12)N1CCSC(c2cc(F)ccc2F)CC1. The van der Waals surface area contributed by atoms with Gasteiger partial charge in [-0.1, -0.05) is 18.2 Å². The largest absolute Gasteiger partial charge is 0.255 e. The first-order valence-corrected chi connectivity index (χ1v) is 11.4. The molecule has 1 aliphatic heterocycles. The van der Waals surface area contributed by atoms with Gasteiger partial charge < -0.3 is 0 Å². The van der Waals surface area contributed by atoms with Crippen LogP contribution < -0.4 is 0 Å². The van der Waals surface area contributed by atoms with E-state index >= 15 is 0 Å². The number of fused-ring (bicyclic) bond motifs is 1. The number of rotatable bonds is 3. The summed E-state index contributed by atoms with van der Waals surface area (Å²) in [5.74, 6) is -0.459. The van der Waals surface area contributed by atoms with Gasteiger partial charge in [0.25, 0.3) is 0 Å². The predicted octanol–water partition coefficient (Wildman–Crippen LogP) is 4.38. The molecular formula is C20H18F2N2O2S2.